The van der Waals surface area contributed by atoms with E-state index in [1.54, 1.807) is 18.2 Å². The predicted octanol–water partition coefficient (Wildman–Crippen LogP) is 2.19. The van der Waals surface area contributed by atoms with Crippen molar-refractivity contribution in [3.05, 3.63) is 28.2 Å². The number of ether oxygens (including phenoxy) is 2. The fourth-order valence-electron chi connectivity index (χ4n) is 1.81. The van der Waals surface area contributed by atoms with E-state index >= 15 is 0 Å². The molecule has 1 amide bonds. The zero-order valence-electron chi connectivity index (χ0n) is 10.0. The summed E-state index contributed by atoms with van der Waals surface area (Å²) in [5.41, 5.74) is 0. The lowest BCUT2D eigenvalue weighted by molar-refractivity contribution is 0.142. The van der Waals surface area contributed by atoms with Crippen LogP contribution in [-0.2, 0) is 4.74 Å². The Morgan fingerprint density at radius 3 is 2.68 bits per heavy atom. The summed E-state index contributed by atoms with van der Waals surface area (Å²) in [5.74, 6) is 0.529. The van der Waals surface area contributed by atoms with Crippen LogP contribution in [0.5, 0.6) is 5.75 Å². The molecule has 1 aliphatic heterocycles. The summed E-state index contributed by atoms with van der Waals surface area (Å²) < 4.78 is 10.5. The second kappa shape index (κ2) is 6.32. The molecule has 7 heteroatoms. The Morgan fingerprint density at radius 1 is 1.37 bits per heavy atom. The third-order valence-corrected chi connectivity index (χ3v) is 3.13. The molecule has 104 valence electrons. The van der Waals surface area contributed by atoms with Crippen molar-refractivity contribution in [3.8, 4) is 5.75 Å². The van der Waals surface area contributed by atoms with E-state index in [0.29, 0.717) is 15.8 Å². The molecule has 19 heavy (non-hydrogen) atoms. The number of cyclic esters (lactones) is 1. The molecule has 1 N–H and O–H groups in total. The van der Waals surface area contributed by atoms with Crippen LogP contribution < -0.4 is 4.74 Å². The Bertz CT molecular complexity index is 449. The average Bonchev–Trinajstić information content (AvgIpc) is 2.68. The van der Waals surface area contributed by atoms with E-state index in [0.717, 1.165) is 0 Å². The van der Waals surface area contributed by atoms with Gasteiger partial charge in [-0.15, -0.1) is 0 Å². The van der Waals surface area contributed by atoms with Crippen LogP contribution >= 0.6 is 23.2 Å². The summed E-state index contributed by atoms with van der Waals surface area (Å²) >= 11 is 11.7. The van der Waals surface area contributed by atoms with Gasteiger partial charge >= 0.3 is 6.09 Å². The number of aliphatic hydroxyl groups is 1. The molecular formula is C12H13Cl2NO4. The van der Waals surface area contributed by atoms with Crippen LogP contribution in [-0.4, -0.2) is 48.5 Å². The molecule has 0 saturated carbocycles. The maximum atomic E-state index is 11.4. The van der Waals surface area contributed by atoms with Crippen LogP contribution in [0.2, 0.25) is 10.0 Å². The highest BCUT2D eigenvalue weighted by molar-refractivity contribution is 6.34. The molecule has 1 aromatic carbocycles. The summed E-state index contributed by atoms with van der Waals surface area (Å²) in [6.07, 6.45) is -0.438. The van der Waals surface area contributed by atoms with Crippen LogP contribution in [0.25, 0.3) is 0 Å². The van der Waals surface area contributed by atoms with Gasteiger partial charge in [-0.3, -0.25) is 4.90 Å². The van der Waals surface area contributed by atoms with E-state index in [4.69, 9.17) is 37.8 Å². The van der Waals surface area contributed by atoms with Crippen LogP contribution in [0.15, 0.2) is 18.2 Å². The maximum Gasteiger partial charge on any atom is 0.410 e. The number of rotatable bonds is 5. The molecule has 0 radical (unpaired) electrons. The third kappa shape index (κ3) is 3.65. The first kappa shape index (κ1) is 14.2. The van der Waals surface area contributed by atoms with Crippen LogP contribution in [0.1, 0.15) is 0 Å². The van der Waals surface area contributed by atoms with Crippen molar-refractivity contribution in [2.45, 2.75) is 6.04 Å². The second-order valence-corrected chi connectivity index (χ2v) is 4.94. The van der Waals surface area contributed by atoms with E-state index in [1.807, 2.05) is 0 Å². The van der Waals surface area contributed by atoms with E-state index < -0.39 is 6.09 Å². The van der Waals surface area contributed by atoms with Crippen molar-refractivity contribution in [1.29, 1.82) is 0 Å². The van der Waals surface area contributed by atoms with Gasteiger partial charge in [0, 0.05) is 16.6 Å². The lowest BCUT2D eigenvalue weighted by Crippen LogP contribution is -2.39. The van der Waals surface area contributed by atoms with Gasteiger partial charge in [-0.05, 0) is 18.2 Å². The van der Waals surface area contributed by atoms with Crippen LogP contribution in [0, 0.1) is 0 Å². The lowest BCUT2D eigenvalue weighted by atomic mass is 10.3. The Kier molecular flexibility index (Phi) is 4.74. The topological polar surface area (TPSA) is 59.0 Å². The summed E-state index contributed by atoms with van der Waals surface area (Å²) in [6, 6.07) is 4.66. The standard InChI is InChI=1S/C12H13Cl2NO4/c13-8-3-9(14)5-11(4-8)18-6-10-7-19-12(17)15(10)1-2-16/h3-5,10,16H,1-2,6-7H2/t10-/m1/s1. The molecule has 0 bridgehead atoms. The quantitative estimate of drug-likeness (QED) is 0.906. The van der Waals surface area contributed by atoms with Gasteiger partial charge in [0.05, 0.1) is 6.61 Å². The number of halogens is 2. The third-order valence-electron chi connectivity index (χ3n) is 2.69. The van der Waals surface area contributed by atoms with Gasteiger partial charge in [-0.2, -0.15) is 0 Å². The zero-order chi connectivity index (χ0) is 13.8. The maximum absolute atomic E-state index is 11.4. The van der Waals surface area contributed by atoms with Gasteiger partial charge in [-0.25, -0.2) is 4.79 Å². The van der Waals surface area contributed by atoms with Gasteiger partial charge < -0.3 is 14.6 Å². The van der Waals surface area contributed by atoms with E-state index in [2.05, 4.69) is 0 Å². The largest absolute Gasteiger partial charge is 0.491 e. The summed E-state index contributed by atoms with van der Waals surface area (Å²) in [6.45, 7) is 0.604. The molecular weight excluding hydrogens is 293 g/mol. The van der Waals surface area contributed by atoms with Gasteiger partial charge in [0.25, 0.3) is 0 Å². The minimum atomic E-state index is -0.438. The number of hydrogen-bond acceptors (Lipinski definition) is 4. The molecule has 2 rings (SSSR count). The van der Waals surface area contributed by atoms with Gasteiger partial charge in [0.1, 0.15) is 25.0 Å². The number of carbonyl (C=O) groups excluding carboxylic acids is 1. The second-order valence-electron chi connectivity index (χ2n) is 4.06. The Morgan fingerprint density at radius 2 is 2.05 bits per heavy atom. The van der Waals surface area contributed by atoms with E-state index in [9.17, 15) is 4.79 Å². The van der Waals surface area contributed by atoms with Crippen molar-refractivity contribution in [2.24, 2.45) is 0 Å². The van der Waals surface area contributed by atoms with Crippen LogP contribution in [0.4, 0.5) is 4.79 Å². The van der Waals surface area contributed by atoms with Crippen molar-refractivity contribution < 1.29 is 19.4 Å². The van der Waals surface area contributed by atoms with Gasteiger partial charge in [0.2, 0.25) is 0 Å². The Balaban J connectivity index is 1.96. The van der Waals surface area contributed by atoms with Crippen molar-refractivity contribution >= 4 is 29.3 Å². The van der Waals surface area contributed by atoms with E-state index in [-0.39, 0.29) is 32.4 Å². The molecule has 0 aliphatic carbocycles. The minimum absolute atomic E-state index is 0.116. The van der Waals surface area contributed by atoms with Crippen molar-refractivity contribution in [1.82, 2.24) is 4.90 Å². The highest BCUT2D eigenvalue weighted by Gasteiger charge is 2.32. The van der Waals surface area contributed by atoms with Gasteiger partial charge in [0.15, 0.2) is 0 Å². The highest BCUT2D eigenvalue weighted by Crippen LogP contribution is 2.24. The molecule has 1 aromatic rings. The zero-order valence-corrected chi connectivity index (χ0v) is 11.5. The molecule has 0 unspecified atom stereocenters. The summed E-state index contributed by atoms with van der Waals surface area (Å²) in [5, 5.41) is 9.86. The first-order valence-corrected chi connectivity index (χ1v) is 6.49. The summed E-state index contributed by atoms with van der Waals surface area (Å²) in [4.78, 5) is 12.8. The monoisotopic (exact) mass is 305 g/mol. The van der Waals surface area contributed by atoms with Gasteiger partial charge in [-0.1, -0.05) is 23.2 Å². The minimum Gasteiger partial charge on any atom is -0.491 e. The fourth-order valence-corrected chi connectivity index (χ4v) is 2.32. The number of carbonyl (C=O) groups is 1. The normalized spacial score (nSPS) is 18.6. The highest BCUT2D eigenvalue weighted by atomic mass is 35.5. The molecule has 1 heterocycles. The number of hydrogen-bond donors (Lipinski definition) is 1. The van der Waals surface area contributed by atoms with Crippen molar-refractivity contribution in [3.63, 3.8) is 0 Å². The Labute approximate surface area is 120 Å². The first-order valence-electron chi connectivity index (χ1n) is 5.73. The predicted molar refractivity (Wildman–Crippen MR) is 70.9 cm³/mol. The van der Waals surface area contributed by atoms with Crippen LogP contribution in [0.3, 0.4) is 0 Å². The molecule has 1 aliphatic rings. The average molecular weight is 306 g/mol. The molecule has 0 aromatic heterocycles. The molecule has 5 nitrogen and oxygen atoms in total. The van der Waals surface area contributed by atoms with Crippen molar-refractivity contribution in [2.75, 3.05) is 26.4 Å². The number of nitrogens with zero attached hydrogens (tertiary/aromatic N) is 1. The number of benzene rings is 1. The molecule has 0 spiro atoms. The SMILES string of the molecule is O=C1OC[C@@H](COc2cc(Cl)cc(Cl)c2)N1CCO. The number of β-amino-alcohol motifs (C(OH)–C–C–N with tert-alkyl or cyclic N) is 1. The first-order chi connectivity index (χ1) is 9.10. The molecule has 1 saturated heterocycles. The number of amides is 1. The smallest absolute Gasteiger partial charge is 0.410 e. The molecule has 1 atom stereocenters. The lowest BCUT2D eigenvalue weighted by Gasteiger charge is -2.20. The molecule has 1 fully saturated rings. The summed E-state index contributed by atoms with van der Waals surface area (Å²) in [7, 11) is 0. The fraction of sp³-hybridized carbons (Fsp3) is 0.417. The van der Waals surface area contributed by atoms with E-state index in [1.165, 1.54) is 4.90 Å². The Hall–Kier alpha value is -1.17. The number of aliphatic hydroxyl groups excluding tert-OH is 1.